The van der Waals surface area contributed by atoms with Crippen molar-refractivity contribution in [3.05, 3.63) is 63.0 Å². The molecule has 138 valence electrons. The van der Waals surface area contributed by atoms with Crippen LogP contribution in [0.5, 0.6) is 0 Å². The molecular formula is C20H21N5OS. The summed E-state index contributed by atoms with van der Waals surface area (Å²) in [6, 6.07) is 7.86. The molecule has 0 fully saturated rings. The molecule has 4 heterocycles. The van der Waals surface area contributed by atoms with Crippen LogP contribution in [0.2, 0.25) is 0 Å². The first-order valence-electron chi connectivity index (χ1n) is 8.97. The number of aliphatic imine (C=N–C) groups is 1. The van der Waals surface area contributed by atoms with Crippen molar-refractivity contribution >= 4 is 28.9 Å². The Kier molecular flexibility index (Phi) is 4.85. The molecule has 1 N–H and O–H groups in total. The number of aromatic nitrogens is 4. The molecule has 4 rings (SSSR count). The Morgan fingerprint density at radius 1 is 1.33 bits per heavy atom. The van der Waals surface area contributed by atoms with E-state index in [4.69, 9.17) is 0 Å². The first-order chi connectivity index (χ1) is 13.1. The molecule has 1 aliphatic rings. The fourth-order valence-corrected chi connectivity index (χ4v) is 3.97. The molecule has 7 heteroatoms. The van der Waals surface area contributed by atoms with Gasteiger partial charge in [-0.1, -0.05) is 6.07 Å². The highest BCUT2D eigenvalue weighted by Gasteiger charge is 2.19. The van der Waals surface area contributed by atoms with Crippen molar-refractivity contribution in [3.63, 3.8) is 0 Å². The lowest BCUT2D eigenvalue weighted by Gasteiger charge is -2.12. The van der Waals surface area contributed by atoms with Crippen molar-refractivity contribution < 1.29 is 4.79 Å². The maximum Gasteiger partial charge on any atom is 0.178 e. The SMILES string of the molecule is Cc1cc(C)n(Cc2cc(C3=C(CC(=O)c4cccs4)N=CCC3)n[nH]2)n1. The number of aryl methyl sites for hydroxylation is 2. The van der Waals surface area contributed by atoms with Crippen LogP contribution in [0.3, 0.4) is 0 Å². The van der Waals surface area contributed by atoms with Gasteiger partial charge < -0.3 is 0 Å². The fraction of sp³-hybridized carbons (Fsp3) is 0.300. The highest BCUT2D eigenvalue weighted by Crippen LogP contribution is 2.29. The average molecular weight is 379 g/mol. The molecule has 1 aliphatic heterocycles. The lowest BCUT2D eigenvalue weighted by molar-refractivity contribution is 0.0996. The van der Waals surface area contributed by atoms with Gasteiger partial charge in [0.05, 0.1) is 40.6 Å². The van der Waals surface area contributed by atoms with E-state index in [1.165, 1.54) is 11.3 Å². The van der Waals surface area contributed by atoms with Crippen LogP contribution in [0.25, 0.3) is 5.57 Å². The zero-order valence-corrected chi connectivity index (χ0v) is 16.2. The highest BCUT2D eigenvalue weighted by atomic mass is 32.1. The normalized spacial score (nSPS) is 14.1. The minimum atomic E-state index is 0.106. The van der Waals surface area contributed by atoms with E-state index in [1.807, 2.05) is 48.3 Å². The van der Waals surface area contributed by atoms with Gasteiger partial charge in [-0.25, -0.2) is 0 Å². The van der Waals surface area contributed by atoms with E-state index in [0.717, 1.165) is 51.8 Å². The molecule has 6 nitrogen and oxygen atoms in total. The Morgan fingerprint density at radius 3 is 2.96 bits per heavy atom. The van der Waals surface area contributed by atoms with E-state index in [0.29, 0.717) is 13.0 Å². The van der Waals surface area contributed by atoms with E-state index in [-0.39, 0.29) is 5.78 Å². The molecular weight excluding hydrogens is 358 g/mol. The molecule has 0 radical (unpaired) electrons. The summed E-state index contributed by atoms with van der Waals surface area (Å²) in [4.78, 5) is 17.8. The molecule has 0 saturated heterocycles. The molecule has 0 spiro atoms. The second-order valence-corrected chi connectivity index (χ2v) is 7.66. The predicted molar refractivity (Wildman–Crippen MR) is 107 cm³/mol. The number of nitrogens with one attached hydrogen (secondary N) is 1. The number of hydrogen-bond acceptors (Lipinski definition) is 5. The largest absolute Gasteiger partial charge is 0.293 e. The number of allylic oxidation sites excluding steroid dienone is 2. The Balaban J connectivity index is 1.57. The van der Waals surface area contributed by atoms with E-state index < -0.39 is 0 Å². The molecule has 0 bridgehead atoms. The monoisotopic (exact) mass is 379 g/mol. The zero-order chi connectivity index (χ0) is 18.8. The quantitative estimate of drug-likeness (QED) is 0.653. The lowest BCUT2D eigenvalue weighted by Crippen LogP contribution is -2.04. The number of rotatable bonds is 6. The maximum atomic E-state index is 12.5. The van der Waals surface area contributed by atoms with Gasteiger partial charge in [0.15, 0.2) is 5.78 Å². The van der Waals surface area contributed by atoms with Gasteiger partial charge in [-0.15, -0.1) is 11.3 Å². The zero-order valence-electron chi connectivity index (χ0n) is 15.4. The fourth-order valence-electron chi connectivity index (χ4n) is 3.30. The van der Waals surface area contributed by atoms with Crippen LogP contribution in [-0.2, 0) is 6.54 Å². The van der Waals surface area contributed by atoms with Gasteiger partial charge in [-0.3, -0.25) is 19.6 Å². The van der Waals surface area contributed by atoms with E-state index >= 15 is 0 Å². The van der Waals surface area contributed by atoms with Gasteiger partial charge in [0.2, 0.25) is 0 Å². The van der Waals surface area contributed by atoms with E-state index in [9.17, 15) is 4.79 Å². The topological polar surface area (TPSA) is 75.9 Å². The molecule has 3 aromatic heterocycles. The first kappa shape index (κ1) is 17.6. The Hall–Kier alpha value is -2.80. The number of Topliss-reactive ketones (excluding diaryl/α,β-unsaturated/α-hetero) is 1. The summed E-state index contributed by atoms with van der Waals surface area (Å²) in [6.07, 6.45) is 3.92. The number of H-pyrrole nitrogens is 1. The average Bonchev–Trinajstić information content (AvgIpc) is 3.38. The summed E-state index contributed by atoms with van der Waals surface area (Å²) in [5.41, 5.74) is 5.86. The third kappa shape index (κ3) is 3.83. The van der Waals surface area contributed by atoms with Crippen molar-refractivity contribution in [3.8, 4) is 0 Å². The third-order valence-corrected chi connectivity index (χ3v) is 5.52. The number of carbonyl (C=O) groups excluding carboxylic acids is 1. The Morgan fingerprint density at radius 2 is 2.22 bits per heavy atom. The summed E-state index contributed by atoms with van der Waals surface area (Å²) in [6.45, 7) is 4.68. The minimum Gasteiger partial charge on any atom is -0.293 e. The van der Waals surface area contributed by atoms with Crippen molar-refractivity contribution in [2.45, 2.75) is 39.7 Å². The maximum absolute atomic E-state index is 12.5. The summed E-state index contributed by atoms with van der Waals surface area (Å²) in [5.74, 6) is 0.106. The number of aromatic amines is 1. The molecule has 27 heavy (non-hydrogen) atoms. The number of carbonyl (C=O) groups is 1. The van der Waals surface area contributed by atoms with Gasteiger partial charge in [0, 0.05) is 17.5 Å². The number of thiophene rings is 1. The second kappa shape index (κ2) is 7.44. The van der Waals surface area contributed by atoms with Crippen molar-refractivity contribution in [2.75, 3.05) is 0 Å². The molecule has 3 aromatic rings. The van der Waals surface area contributed by atoms with Crippen LogP contribution in [0, 0.1) is 13.8 Å². The second-order valence-electron chi connectivity index (χ2n) is 6.72. The standard InChI is InChI=1S/C20H21N5OS/c1-13-9-14(2)25(24-13)12-15-10-18(23-22-15)16-5-3-7-21-17(16)11-19(26)20-6-4-8-27-20/h4,6-10H,3,5,11-12H2,1-2H3,(H,22,23). The predicted octanol–water partition coefficient (Wildman–Crippen LogP) is 4.18. The molecule has 0 saturated carbocycles. The summed E-state index contributed by atoms with van der Waals surface area (Å²) in [7, 11) is 0. The number of ketones is 1. The summed E-state index contributed by atoms with van der Waals surface area (Å²) in [5, 5.41) is 14.0. The highest BCUT2D eigenvalue weighted by molar-refractivity contribution is 7.12. The van der Waals surface area contributed by atoms with E-state index in [2.05, 4.69) is 26.4 Å². The first-order valence-corrected chi connectivity index (χ1v) is 9.85. The van der Waals surface area contributed by atoms with Gasteiger partial charge in [-0.05, 0) is 50.3 Å². The Bertz CT molecular complexity index is 1020. The molecule has 0 atom stereocenters. The number of nitrogens with zero attached hydrogens (tertiary/aromatic N) is 4. The van der Waals surface area contributed by atoms with Gasteiger partial charge in [0.25, 0.3) is 0 Å². The van der Waals surface area contributed by atoms with Crippen LogP contribution >= 0.6 is 11.3 Å². The smallest absolute Gasteiger partial charge is 0.178 e. The molecule has 0 aromatic carbocycles. The Labute approximate surface area is 161 Å². The van der Waals surface area contributed by atoms with Crippen LogP contribution < -0.4 is 0 Å². The van der Waals surface area contributed by atoms with Gasteiger partial charge in [-0.2, -0.15) is 10.2 Å². The van der Waals surface area contributed by atoms with E-state index in [1.54, 1.807) is 0 Å². The van der Waals surface area contributed by atoms with Crippen molar-refractivity contribution in [2.24, 2.45) is 4.99 Å². The molecule has 0 amide bonds. The van der Waals surface area contributed by atoms with Crippen molar-refractivity contribution in [1.82, 2.24) is 20.0 Å². The van der Waals surface area contributed by atoms with Crippen LogP contribution in [0.15, 0.2) is 40.3 Å². The number of hydrogen-bond donors (Lipinski definition) is 1. The molecule has 0 aliphatic carbocycles. The minimum absolute atomic E-state index is 0.106. The lowest BCUT2D eigenvalue weighted by atomic mass is 9.99. The van der Waals surface area contributed by atoms with Gasteiger partial charge >= 0.3 is 0 Å². The van der Waals surface area contributed by atoms with Crippen LogP contribution in [-0.4, -0.2) is 32.0 Å². The third-order valence-electron chi connectivity index (χ3n) is 4.61. The van der Waals surface area contributed by atoms with Gasteiger partial charge in [0.1, 0.15) is 0 Å². The summed E-state index contributed by atoms with van der Waals surface area (Å²) < 4.78 is 1.96. The van der Waals surface area contributed by atoms with Crippen LogP contribution in [0.4, 0.5) is 0 Å². The van der Waals surface area contributed by atoms with Crippen LogP contribution in [0.1, 0.15) is 51.7 Å². The molecule has 0 unspecified atom stereocenters. The summed E-state index contributed by atoms with van der Waals surface area (Å²) >= 11 is 1.47. The van der Waals surface area contributed by atoms with Crippen molar-refractivity contribution in [1.29, 1.82) is 0 Å².